The van der Waals surface area contributed by atoms with Crippen LogP contribution < -0.4 is 5.73 Å². The van der Waals surface area contributed by atoms with Crippen LogP contribution in [0.2, 0.25) is 0 Å². The predicted molar refractivity (Wildman–Crippen MR) is 81.9 cm³/mol. The van der Waals surface area contributed by atoms with E-state index in [9.17, 15) is 0 Å². The molecule has 0 aromatic heterocycles. The van der Waals surface area contributed by atoms with Crippen LogP contribution in [-0.2, 0) is 4.74 Å². The summed E-state index contributed by atoms with van der Waals surface area (Å²) in [5.74, 6) is 0.712. The third-order valence-corrected chi connectivity index (χ3v) is 4.68. The minimum Gasteiger partial charge on any atom is -0.381 e. The predicted octanol–water partition coefficient (Wildman–Crippen LogP) is 3.87. The van der Waals surface area contributed by atoms with Gasteiger partial charge in [0, 0.05) is 27.3 Å². The summed E-state index contributed by atoms with van der Waals surface area (Å²) in [4.78, 5) is 0. The van der Waals surface area contributed by atoms with E-state index in [4.69, 9.17) is 10.5 Å². The normalized spacial score (nSPS) is 19.2. The summed E-state index contributed by atoms with van der Waals surface area (Å²) >= 11 is 5.92. The molecule has 0 radical (unpaired) electrons. The second kappa shape index (κ2) is 6.50. The van der Waals surface area contributed by atoms with Gasteiger partial charge in [-0.3, -0.25) is 0 Å². The van der Waals surface area contributed by atoms with Crippen molar-refractivity contribution in [3.8, 4) is 0 Å². The Morgan fingerprint density at radius 1 is 1.41 bits per heavy atom. The zero-order valence-corrected chi connectivity index (χ0v) is 13.4. The topological polar surface area (TPSA) is 35.2 Å². The van der Waals surface area contributed by atoms with Gasteiger partial charge in [-0.15, -0.1) is 0 Å². The highest BCUT2D eigenvalue weighted by molar-refractivity contribution is 14.1. The van der Waals surface area contributed by atoms with Crippen LogP contribution in [0.5, 0.6) is 0 Å². The largest absolute Gasteiger partial charge is 0.381 e. The Kier molecular flexibility index (Phi) is 5.26. The highest BCUT2D eigenvalue weighted by atomic mass is 127. The molecule has 1 atom stereocenters. The fourth-order valence-electron chi connectivity index (χ4n) is 2.27. The maximum atomic E-state index is 6.32. The van der Waals surface area contributed by atoms with Crippen LogP contribution in [0.4, 0.5) is 0 Å². The Hall–Kier alpha value is 0.350. The fourth-order valence-corrected chi connectivity index (χ4v) is 3.32. The monoisotopic (exact) mass is 409 g/mol. The summed E-state index contributed by atoms with van der Waals surface area (Å²) in [6, 6.07) is 6.48. The van der Waals surface area contributed by atoms with Crippen LogP contribution in [-0.4, -0.2) is 13.2 Å². The first-order valence-electron chi connectivity index (χ1n) is 5.95. The van der Waals surface area contributed by atoms with Crippen LogP contribution in [0.1, 0.15) is 30.9 Å². The van der Waals surface area contributed by atoms with Gasteiger partial charge < -0.3 is 10.5 Å². The van der Waals surface area contributed by atoms with E-state index >= 15 is 0 Å². The molecule has 1 aliphatic rings. The van der Waals surface area contributed by atoms with E-state index in [1.807, 2.05) is 0 Å². The molecular formula is C13H17BrINO. The van der Waals surface area contributed by atoms with Crippen LogP contribution in [0.15, 0.2) is 22.7 Å². The Morgan fingerprint density at radius 3 is 2.82 bits per heavy atom. The zero-order chi connectivity index (χ0) is 12.3. The van der Waals surface area contributed by atoms with Crippen molar-refractivity contribution in [2.45, 2.75) is 25.3 Å². The van der Waals surface area contributed by atoms with Crippen molar-refractivity contribution >= 4 is 38.5 Å². The number of benzene rings is 1. The van der Waals surface area contributed by atoms with E-state index in [0.717, 1.165) is 36.9 Å². The quantitative estimate of drug-likeness (QED) is 0.769. The second-order valence-electron chi connectivity index (χ2n) is 4.56. The van der Waals surface area contributed by atoms with Gasteiger partial charge in [0.2, 0.25) is 0 Å². The molecule has 1 aliphatic heterocycles. The van der Waals surface area contributed by atoms with Crippen LogP contribution in [0.25, 0.3) is 0 Å². The minimum absolute atomic E-state index is 0.127. The van der Waals surface area contributed by atoms with Crippen molar-refractivity contribution in [1.29, 1.82) is 0 Å². The summed E-state index contributed by atoms with van der Waals surface area (Å²) in [5, 5.41) is 0. The van der Waals surface area contributed by atoms with E-state index in [1.165, 1.54) is 9.13 Å². The van der Waals surface area contributed by atoms with Crippen molar-refractivity contribution in [3.05, 3.63) is 31.8 Å². The number of rotatable bonds is 3. The lowest BCUT2D eigenvalue weighted by Gasteiger charge is -2.25. The van der Waals surface area contributed by atoms with Crippen LogP contribution >= 0.6 is 38.5 Å². The van der Waals surface area contributed by atoms with Crippen LogP contribution in [0.3, 0.4) is 0 Å². The van der Waals surface area contributed by atoms with Gasteiger partial charge in [0.1, 0.15) is 0 Å². The molecule has 1 heterocycles. The summed E-state index contributed by atoms with van der Waals surface area (Å²) in [6.45, 7) is 1.79. The molecule has 0 spiro atoms. The van der Waals surface area contributed by atoms with Gasteiger partial charge in [-0.25, -0.2) is 0 Å². The molecule has 0 amide bonds. The number of ether oxygens (including phenoxy) is 1. The lowest BCUT2D eigenvalue weighted by atomic mass is 9.90. The smallest absolute Gasteiger partial charge is 0.0468 e. The summed E-state index contributed by atoms with van der Waals surface area (Å²) in [6.07, 6.45) is 3.35. The molecule has 1 unspecified atom stereocenters. The fraction of sp³-hybridized carbons (Fsp3) is 0.538. The molecule has 1 saturated heterocycles. The van der Waals surface area contributed by atoms with Gasteiger partial charge in [0.05, 0.1) is 0 Å². The number of hydrogen-bond donors (Lipinski definition) is 1. The summed E-state index contributed by atoms with van der Waals surface area (Å²) < 4.78 is 7.74. The van der Waals surface area contributed by atoms with E-state index in [1.54, 1.807) is 0 Å². The Balaban J connectivity index is 2.02. The average molecular weight is 410 g/mol. The molecule has 0 saturated carbocycles. The highest BCUT2D eigenvalue weighted by Crippen LogP contribution is 2.30. The second-order valence-corrected chi connectivity index (χ2v) is 6.66. The van der Waals surface area contributed by atoms with Crippen molar-refractivity contribution in [3.63, 3.8) is 0 Å². The highest BCUT2D eigenvalue weighted by Gasteiger charge is 2.19. The molecule has 0 aliphatic carbocycles. The van der Waals surface area contributed by atoms with Gasteiger partial charge in [0.25, 0.3) is 0 Å². The van der Waals surface area contributed by atoms with Gasteiger partial charge in [-0.05, 0) is 71.5 Å². The maximum Gasteiger partial charge on any atom is 0.0468 e. The molecule has 1 aromatic carbocycles. The van der Waals surface area contributed by atoms with Gasteiger partial charge in [-0.1, -0.05) is 15.9 Å². The lowest BCUT2D eigenvalue weighted by Crippen LogP contribution is -2.21. The first-order valence-corrected chi connectivity index (χ1v) is 7.82. The molecule has 1 aromatic rings. The molecular weight excluding hydrogens is 393 g/mol. The number of nitrogens with two attached hydrogens (primary N) is 1. The molecule has 0 bridgehead atoms. The molecule has 1 fully saturated rings. The van der Waals surface area contributed by atoms with Crippen molar-refractivity contribution in [2.75, 3.05) is 13.2 Å². The molecule has 2 N–H and O–H groups in total. The third-order valence-electron chi connectivity index (χ3n) is 3.29. The Morgan fingerprint density at radius 2 is 2.12 bits per heavy atom. The first-order chi connectivity index (χ1) is 8.16. The van der Waals surface area contributed by atoms with E-state index in [-0.39, 0.29) is 6.04 Å². The summed E-state index contributed by atoms with van der Waals surface area (Å²) in [5.41, 5.74) is 7.55. The number of hydrogen-bond acceptors (Lipinski definition) is 2. The first kappa shape index (κ1) is 13.8. The molecule has 2 nitrogen and oxygen atoms in total. The maximum absolute atomic E-state index is 6.32. The third kappa shape index (κ3) is 3.91. The molecule has 94 valence electrons. The molecule has 2 rings (SSSR count). The van der Waals surface area contributed by atoms with Crippen LogP contribution in [0, 0.1) is 9.49 Å². The lowest BCUT2D eigenvalue weighted by molar-refractivity contribution is 0.0618. The van der Waals surface area contributed by atoms with Crippen molar-refractivity contribution < 1.29 is 4.74 Å². The minimum atomic E-state index is 0.127. The SMILES string of the molecule is NC(CC1CCOCC1)c1cc(I)ccc1Br. The number of halogens is 2. The van der Waals surface area contributed by atoms with Crippen molar-refractivity contribution in [1.82, 2.24) is 0 Å². The zero-order valence-electron chi connectivity index (χ0n) is 9.66. The van der Waals surface area contributed by atoms with E-state index in [2.05, 4.69) is 56.7 Å². The van der Waals surface area contributed by atoms with Gasteiger partial charge in [-0.2, -0.15) is 0 Å². The Labute approximate surface area is 125 Å². The standard InChI is InChI=1S/C13H17BrINO/c14-12-2-1-10(15)8-11(12)13(16)7-9-3-5-17-6-4-9/h1-2,8-9,13H,3-7,16H2. The van der Waals surface area contributed by atoms with E-state index in [0.29, 0.717) is 5.92 Å². The summed E-state index contributed by atoms with van der Waals surface area (Å²) in [7, 11) is 0. The Bertz CT molecular complexity index is 380. The van der Waals surface area contributed by atoms with E-state index < -0.39 is 0 Å². The van der Waals surface area contributed by atoms with Gasteiger partial charge >= 0.3 is 0 Å². The molecule has 4 heteroatoms. The van der Waals surface area contributed by atoms with Gasteiger partial charge in [0.15, 0.2) is 0 Å². The molecule has 17 heavy (non-hydrogen) atoms. The van der Waals surface area contributed by atoms with Crippen molar-refractivity contribution in [2.24, 2.45) is 11.7 Å². The average Bonchev–Trinajstić information content (AvgIpc) is 2.33.